The molecule has 3 aromatic rings. The number of hydrogen-bond donors (Lipinski definition) is 1. The van der Waals surface area contributed by atoms with Gasteiger partial charge >= 0.3 is 0 Å². The number of benzene rings is 2. The number of nitrogens with zero attached hydrogens (tertiary/aromatic N) is 2. The third kappa shape index (κ3) is 4.37. The smallest absolute Gasteiger partial charge is 0.231 e. The molecule has 0 saturated carbocycles. The molecule has 2 aromatic carbocycles. The number of methoxy groups -OCH3 is 1. The summed E-state index contributed by atoms with van der Waals surface area (Å²) in [5.74, 6) is -0.194. The van der Waals surface area contributed by atoms with E-state index in [1.54, 1.807) is 24.1 Å². The number of carbonyl (C=O) groups excluding carboxylic acids is 2. The number of fused-ring (bicyclic) bond motifs is 1. The van der Waals surface area contributed by atoms with Crippen molar-refractivity contribution in [3.05, 3.63) is 53.8 Å². The molecule has 2 amide bonds. The Balaban J connectivity index is 1.35. The maximum atomic E-state index is 13.0. The third-order valence-corrected chi connectivity index (χ3v) is 5.93. The minimum absolute atomic E-state index is 0.0405. The van der Waals surface area contributed by atoms with Gasteiger partial charge in [-0.05, 0) is 42.3 Å². The second-order valence-electron chi connectivity index (χ2n) is 6.96. The van der Waals surface area contributed by atoms with Crippen LogP contribution in [0.2, 0.25) is 0 Å². The number of hydrogen-bond acceptors (Lipinski definition) is 5. The van der Waals surface area contributed by atoms with Gasteiger partial charge in [0, 0.05) is 19.5 Å². The molecular formula is C21H20FN3O3S. The summed E-state index contributed by atoms with van der Waals surface area (Å²) >= 11 is 1.37. The first-order valence-electron chi connectivity index (χ1n) is 9.29. The molecule has 1 aliphatic rings. The SMILES string of the molecule is COc1ccc2nc(NC(=O)[C@@H]3CC(=O)N(CCc4ccc(F)cc4)C3)sc2c1. The summed E-state index contributed by atoms with van der Waals surface area (Å²) < 4.78 is 19.1. The van der Waals surface area contributed by atoms with Gasteiger partial charge < -0.3 is 15.0 Å². The van der Waals surface area contributed by atoms with Crippen molar-refractivity contribution in [2.24, 2.45) is 5.92 Å². The van der Waals surface area contributed by atoms with Gasteiger partial charge in [-0.2, -0.15) is 0 Å². The molecule has 1 atom stereocenters. The van der Waals surface area contributed by atoms with Crippen LogP contribution in [0, 0.1) is 11.7 Å². The Bertz CT molecular complexity index is 1050. The fraction of sp³-hybridized carbons (Fsp3) is 0.286. The summed E-state index contributed by atoms with van der Waals surface area (Å²) in [6.07, 6.45) is 0.814. The van der Waals surface area contributed by atoms with Gasteiger partial charge in [-0.25, -0.2) is 9.37 Å². The lowest BCUT2D eigenvalue weighted by Gasteiger charge is -2.16. The molecule has 2 heterocycles. The van der Waals surface area contributed by atoms with Crippen molar-refractivity contribution < 1.29 is 18.7 Å². The van der Waals surface area contributed by atoms with Crippen LogP contribution in [0.1, 0.15) is 12.0 Å². The van der Waals surface area contributed by atoms with Crippen molar-refractivity contribution >= 4 is 38.5 Å². The van der Waals surface area contributed by atoms with Gasteiger partial charge in [0.25, 0.3) is 0 Å². The van der Waals surface area contributed by atoms with Crippen molar-refractivity contribution in [3.8, 4) is 5.75 Å². The van der Waals surface area contributed by atoms with Crippen LogP contribution < -0.4 is 10.1 Å². The van der Waals surface area contributed by atoms with E-state index in [4.69, 9.17) is 4.74 Å². The number of anilines is 1. The number of amides is 2. The molecule has 0 bridgehead atoms. The van der Waals surface area contributed by atoms with Crippen LogP contribution in [0.15, 0.2) is 42.5 Å². The van der Waals surface area contributed by atoms with Crippen LogP contribution >= 0.6 is 11.3 Å². The maximum Gasteiger partial charge on any atom is 0.231 e. The zero-order chi connectivity index (χ0) is 20.4. The van der Waals surface area contributed by atoms with Crippen molar-refractivity contribution in [1.29, 1.82) is 0 Å². The first-order valence-corrected chi connectivity index (χ1v) is 10.1. The zero-order valence-electron chi connectivity index (χ0n) is 15.9. The van der Waals surface area contributed by atoms with E-state index in [9.17, 15) is 14.0 Å². The van der Waals surface area contributed by atoms with Gasteiger partial charge in [0.05, 0.1) is 23.2 Å². The van der Waals surface area contributed by atoms with Gasteiger partial charge in [-0.1, -0.05) is 23.5 Å². The van der Waals surface area contributed by atoms with Crippen LogP contribution in [-0.2, 0) is 16.0 Å². The molecule has 0 radical (unpaired) electrons. The highest BCUT2D eigenvalue weighted by Gasteiger charge is 2.34. The van der Waals surface area contributed by atoms with Crippen molar-refractivity contribution in [1.82, 2.24) is 9.88 Å². The average molecular weight is 413 g/mol. The van der Waals surface area contributed by atoms with Gasteiger partial charge in [0.15, 0.2) is 5.13 Å². The van der Waals surface area contributed by atoms with E-state index in [-0.39, 0.29) is 24.1 Å². The second-order valence-corrected chi connectivity index (χ2v) is 7.99. The summed E-state index contributed by atoms with van der Waals surface area (Å²) in [6.45, 7) is 0.889. The standard InChI is InChI=1S/C21H20FN3O3S/c1-28-16-6-7-17-18(11-16)29-21(23-17)24-20(27)14-10-19(26)25(12-14)9-8-13-2-4-15(22)5-3-13/h2-7,11,14H,8-10,12H2,1H3,(H,23,24,27)/t14-/m1/s1. The minimum Gasteiger partial charge on any atom is -0.497 e. The van der Waals surface area contributed by atoms with E-state index in [0.29, 0.717) is 24.6 Å². The van der Waals surface area contributed by atoms with Crippen LogP contribution in [0.25, 0.3) is 10.2 Å². The van der Waals surface area contributed by atoms with E-state index in [1.807, 2.05) is 18.2 Å². The van der Waals surface area contributed by atoms with Crippen LogP contribution in [-0.4, -0.2) is 41.9 Å². The van der Waals surface area contributed by atoms with Gasteiger partial charge in [0.1, 0.15) is 11.6 Å². The first kappa shape index (κ1) is 19.3. The predicted molar refractivity (Wildman–Crippen MR) is 110 cm³/mol. The number of rotatable bonds is 6. The van der Waals surface area contributed by atoms with Crippen molar-refractivity contribution in [3.63, 3.8) is 0 Å². The molecule has 0 aliphatic carbocycles. The molecule has 0 unspecified atom stereocenters. The highest BCUT2D eigenvalue weighted by molar-refractivity contribution is 7.22. The molecular weight excluding hydrogens is 393 g/mol. The molecule has 1 N–H and O–H groups in total. The topological polar surface area (TPSA) is 71.5 Å². The molecule has 4 rings (SSSR count). The monoisotopic (exact) mass is 413 g/mol. The number of carbonyl (C=O) groups is 2. The molecule has 1 saturated heterocycles. The Morgan fingerprint density at radius 1 is 1.31 bits per heavy atom. The number of ether oxygens (including phenoxy) is 1. The lowest BCUT2D eigenvalue weighted by Crippen LogP contribution is -2.30. The number of aromatic nitrogens is 1. The molecule has 0 spiro atoms. The lowest BCUT2D eigenvalue weighted by molar-refractivity contribution is -0.128. The molecule has 1 aliphatic heterocycles. The molecule has 150 valence electrons. The number of halogens is 1. The minimum atomic E-state index is -0.405. The van der Waals surface area contributed by atoms with Crippen LogP contribution in [0.3, 0.4) is 0 Å². The van der Waals surface area contributed by atoms with E-state index in [0.717, 1.165) is 21.5 Å². The van der Waals surface area contributed by atoms with Gasteiger partial charge in [0.2, 0.25) is 11.8 Å². The number of nitrogens with one attached hydrogen (secondary N) is 1. The number of thiazole rings is 1. The van der Waals surface area contributed by atoms with Crippen LogP contribution in [0.4, 0.5) is 9.52 Å². The zero-order valence-corrected chi connectivity index (χ0v) is 16.7. The Morgan fingerprint density at radius 2 is 2.10 bits per heavy atom. The second kappa shape index (κ2) is 8.16. The van der Waals surface area contributed by atoms with E-state index < -0.39 is 5.92 Å². The summed E-state index contributed by atoms with van der Waals surface area (Å²) in [5.41, 5.74) is 1.74. The fourth-order valence-corrected chi connectivity index (χ4v) is 4.27. The first-order chi connectivity index (χ1) is 14.0. The van der Waals surface area contributed by atoms with Gasteiger partial charge in [-0.15, -0.1) is 0 Å². The normalized spacial score (nSPS) is 16.4. The molecule has 1 fully saturated rings. The van der Waals surface area contributed by atoms with Gasteiger partial charge in [-0.3, -0.25) is 9.59 Å². The quantitative estimate of drug-likeness (QED) is 0.672. The van der Waals surface area contributed by atoms with Crippen LogP contribution in [0.5, 0.6) is 5.75 Å². The van der Waals surface area contributed by atoms with Crippen molar-refractivity contribution in [2.75, 3.05) is 25.5 Å². The maximum absolute atomic E-state index is 13.0. The fourth-order valence-electron chi connectivity index (χ4n) is 3.37. The Morgan fingerprint density at radius 3 is 2.86 bits per heavy atom. The molecule has 1 aromatic heterocycles. The Hall–Kier alpha value is -3.00. The van der Waals surface area contributed by atoms with E-state index in [1.165, 1.54) is 23.5 Å². The molecule has 6 nitrogen and oxygen atoms in total. The highest BCUT2D eigenvalue weighted by Crippen LogP contribution is 2.30. The van der Waals surface area contributed by atoms with E-state index in [2.05, 4.69) is 10.3 Å². The molecule has 8 heteroatoms. The summed E-state index contributed by atoms with van der Waals surface area (Å²) in [5, 5.41) is 3.35. The van der Waals surface area contributed by atoms with Crippen molar-refractivity contribution in [2.45, 2.75) is 12.8 Å². The summed E-state index contributed by atoms with van der Waals surface area (Å²) in [6, 6.07) is 11.8. The number of likely N-dealkylation sites (tertiary alicyclic amines) is 1. The largest absolute Gasteiger partial charge is 0.497 e. The average Bonchev–Trinajstić information content (AvgIpc) is 3.29. The molecule has 29 heavy (non-hydrogen) atoms. The Kier molecular flexibility index (Phi) is 5.44. The highest BCUT2D eigenvalue weighted by atomic mass is 32.1. The summed E-state index contributed by atoms with van der Waals surface area (Å²) in [4.78, 5) is 31.0. The van der Waals surface area contributed by atoms with E-state index >= 15 is 0 Å². The predicted octanol–water partition coefficient (Wildman–Crippen LogP) is 3.47. The Labute approximate surface area is 171 Å². The third-order valence-electron chi connectivity index (χ3n) is 4.99. The summed E-state index contributed by atoms with van der Waals surface area (Å²) in [7, 11) is 1.60. The lowest BCUT2D eigenvalue weighted by atomic mass is 10.1.